The van der Waals surface area contributed by atoms with Crippen molar-refractivity contribution in [2.24, 2.45) is 0 Å². The molecule has 0 atom stereocenters. The molecule has 0 saturated carbocycles. The predicted molar refractivity (Wildman–Crippen MR) is 261 cm³/mol. The Balaban J connectivity index is 0.000000792. The molecule has 0 spiro atoms. The highest BCUT2D eigenvalue weighted by atomic mass is 19.4. The number of benzene rings is 5. The van der Waals surface area contributed by atoms with Crippen LogP contribution < -0.4 is 0 Å². The van der Waals surface area contributed by atoms with Crippen LogP contribution in [0, 0.1) is 32.0 Å². The zero-order chi connectivity index (χ0) is 48.1. The van der Waals surface area contributed by atoms with Crippen LogP contribution in [-0.2, 0) is 62.9 Å². The van der Waals surface area contributed by atoms with Gasteiger partial charge in [0.25, 0.3) is 0 Å². The van der Waals surface area contributed by atoms with Crippen molar-refractivity contribution in [1.29, 1.82) is 0 Å². The predicted octanol–water partition coefficient (Wildman–Crippen LogP) is 15.5. The number of halogens is 4. The molecule has 5 nitrogen and oxygen atoms in total. The van der Waals surface area contributed by atoms with Gasteiger partial charge in [-0.15, -0.1) is 6.42 Å². The summed E-state index contributed by atoms with van der Waals surface area (Å²) in [6.07, 6.45) is 1.82. The number of alkyl halides is 3. The van der Waals surface area contributed by atoms with Crippen LogP contribution in [0.3, 0.4) is 0 Å². The molecule has 0 aliphatic carbocycles. The molecule has 0 saturated heterocycles. The van der Waals surface area contributed by atoms with E-state index >= 15 is 0 Å². The van der Waals surface area contributed by atoms with Gasteiger partial charge in [0.1, 0.15) is 5.82 Å². The van der Waals surface area contributed by atoms with Crippen LogP contribution in [0.4, 0.5) is 17.6 Å². The van der Waals surface area contributed by atoms with Crippen molar-refractivity contribution in [3.8, 4) is 12.3 Å². The minimum absolute atomic E-state index is 0. The van der Waals surface area contributed by atoms with Gasteiger partial charge in [-0.05, 0) is 141 Å². The van der Waals surface area contributed by atoms with E-state index in [0.29, 0.717) is 30.5 Å². The maximum atomic E-state index is 12.6. The maximum absolute atomic E-state index is 12.6. The Kier molecular flexibility index (Phi) is 31.1. The summed E-state index contributed by atoms with van der Waals surface area (Å²) in [6, 6.07) is 37.1. The Hall–Kier alpha value is -4.82. The largest absolute Gasteiger partial charge is 0.416 e. The van der Waals surface area contributed by atoms with E-state index < -0.39 is 11.7 Å². The van der Waals surface area contributed by atoms with Crippen molar-refractivity contribution in [2.45, 2.75) is 160 Å². The van der Waals surface area contributed by atoms with Gasteiger partial charge >= 0.3 is 6.18 Å². The van der Waals surface area contributed by atoms with E-state index in [1.807, 2.05) is 93.5 Å². The second-order valence-electron chi connectivity index (χ2n) is 16.4. The molecule has 0 aliphatic heterocycles. The topological polar surface area (TPSA) is 46.2 Å². The van der Waals surface area contributed by atoms with Crippen LogP contribution in [0.25, 0.3) is 0 Å². The molecule has 9 heteroatoms. The van der Waals surface area contributed by atoms with Crippen molar-refractivity contribution in [2.75, 3.05) is 0 Å². The lowest BCUT2D eigenvalue weighted by atomic mass is 10.1. The lowest BCUT2D eigenvalue weighted by Crippen LogP contribution is -2.08. The minimum Gasteiger partial charge on any atom is -0.374 e. The Morgan fingerprint density at radius 2 is 0.800 bits per heavy atom. The van der Waals surface area contributed by atoms with Crippen molar-refractivity contribution >= 4 is 0 Å². The normalized spacial score (nSPS) is 10.7. The fourth-order valence-corrected chi connectivity index (χ4v) is 4.91. The van der Waals surface area contributed by atoms with Crippen LogP contribution in [0.5, 0.6) is 0 Å². The van der Waals surface area contributed by atoms with Gasteiger partial charge in [-0.25, -0.2) is 4.39 Å². The summed E-state index contributed by atoms with van der Waals surface area (Å²) in [5.41, 5.74) is 7.10. The molecule has 0 aromatic heterocycles. The molecule has 358 valence electrons. The molecule has 0 amide bonds. The number of rotatable bonds is 15. The first-order chi connectivity index (χ1) is 30.2. The van der Waals surface area contributed by atoms with Gasteiger partial charge in [0.2, 0.25) is 0 Å². The highest BCUT2D eigenvalue weighted by Crippen LogP contribution is 2.31. The highest BCUT2D eigenvalue weighted by Gasteiger charge is 2.31. The minimum atomic E-state index is -4.39. The second kappa shape index (κ2) is 33.6. The lowest BCUT2D eigenvalue weighted by molar-refractivity contribution is -0.137. The van der Waals surface area contributed by atoms with Crippen LogP contribution in [-0.4, -0.2) is 30.5 Å². The first-order valence-corrected chi connectivity index (χ1v) is 21.8. The molecule has 5 aromatic rings. The van der Waals surface area contributed by atoms with Gasteiger partial charge in [0.05, 0.1) is 69.1 Å². The Morgan fingerprint density at radius 3 is 1.15 bits per heavy atom. The number of terminal acetylenes is 1. The summed E-state index contributed by atoms with van der Waals surface area (Å²) < 4.78 is 77.3. The fourth-order valence-electron chi connectivity index (χ4n) is 4.91. The van der Waals surface area contributed by atoms with Gasteiger partial charge in [0.15, 0.2) is 0 Å². The zero-order valence-electron chi connectivity index (χ0n) is 40.1. The second-order valence-corrected chi connectivity index (χ2v) is 16.4. The molecule has 0 fully saturated rings. The van der Waals surface area contributed by atoms with Gasteiger partial charge in [-0.3, -0.25) is 0 Å². The molecule has 0 heterocycles. The van der Waals surface area contributed by atoms with E-state index in [0.717, 1.165) is 37.5 Å². The standard InChI is InChI=1S/C13H13F3O.2C11H16O.C10H13FO.C10H14O.CH4/c1-4-10-5-11(8-17-9(2)3)7-12(6-10)13(14,15)16;2*1-9(2)12-8-11-6-4-10(3)5-7-11;1-8(2)12-7-9-4-3-5-10(11)6-9;1-9(2)11-8-10-6-4-3-5-7-10;/h1,5-7,9H,8H2,2-3H3;2*4-7,9H,8H2,1-3H3;3-6,8H,7H2,1-2H3;3-7,9H,8H2,1-2H3;1H4. The molecule has 0 radical (unpaired) electrons. The van der Waals surface area contributed by atoms with E-state index in [4.69, 9.17) is 30.1 Å². The lowest BCUT2D eigenvalue weighted by Gasteiger charge is -2.12. The van der Waals surface area contributed by atoms with Crippen molar-refractivity contribution in [1.82, 2.24) is 0 Å². The average molecular weight is 905 g/mol. The van der Waals surface area contributed by atoms with E-state index in [2.05, 4.69) is 80.4 Å². The molecule has 0 aliphatic rings. The van der Waals surface area contributed by atoms with Crippen molar-refractivity contribution in [3.05, 3.63) is 177 Å². The SMILES string of the molecule is C.C#Cc1cc(COC(C)C)cc(C(F)(F)F)c1.CC(C)OCc1cccc(F)c1.CC(C)OCc1ccccc1.Cc1ccc(COC(C)C)cc1.Cc1ccc(COC(C)C)cc1. The molecular formula is C56H76F4O5. The van der Waals surface area contributed by atoms with E-state index in [1.165, 1.54) is 46.0 Å². The summed E-state index contributed by atoms with van der Waals surface area (Å²) in [4.78, 5) is 0. The monoisotopic (exact) mass is 905 g/mol. The summed E-state index contributed by atoms with van der Waals surface area (Å²) in [5.74, 6) is 2.00. The molecule has 0 bridgehead atoms. The molecule has 5 rings (SSSR count). The summed E-state index contributed by atoms with van der Waals surface area (Å²) >= 11 is 0. The van der Waals surface area contributed by atoms with Crippen LogP contribution in [0.1, 0.15) is 127 Å². The molecule has 0 unspecified atom stereocenters. The van der Waals surface area contributed by atoms with Crippen molar-refractivity contribution < 1.29 is 41.2 Å². The van der Waals surface area contributed by atoms with Crippen LogP contribution >= 0.6 is 0 Å². The van der Waals surface area contributed by atoms with Crippen LogP contribution in [0.2, 0.25) is 0 Å². The maximum Gasteiger partial charge on any atom is 0.416 e. The third-order valence-corrected chi connectivity index (χ3v) is 8.38. The summed E-state index contributed by atoms with van der Waals surface area (Å²) in [5, 5.41) is 0. The van der Waals surface area contributed by atoms with Gasteiger partial charge < -0.3 is 23.7 Å². The highest BCUT2D eigenvalue weighted by molar-refractivity contribution is 5.40. The Labute approximate surface area is 389 Å². The van der Waals surface area contributed by atoms with E-state index in [9.17, 15) is 17.6 Å². The van der Waals surface area contributed by atoms with E-state index in [-0.39, 0.29) is 37.6 Å². The molecule has 0 N–H and O–H groups in total. The van der Waals surface area contributed by atoms with Crippen LogP contribution in [0.15, 0.2) is 121 Å². The third-order valence-electron chi connectivity index (χ3n) is 8.38. The smallest absolute Gasteiger partial charge is 0.374 e. The van der Waals surface area contributed by atoms with Gasteiger partial charge in [-0.2, -0.15) is 13.2 Å². The Bertz CT molecular complexity index is 1930. The molecule has 5 aromatic carbocycles. The third kappa shape index (κ3) is 31.7. The quantitative estimate of drug-likeness (QED) is 0.0774. The van der Waals surface area contributed by atoms with Gasteiger partial charge in [-0.1, -0.05) is 115 Å². The first-order valence-electron chi connectivity index (χ1n) is 21.8. The Morgan fingerprint density at radius 1 is 0.446 bits per heavy atom. The summed E-state index contributed by atoms with van der Waals surface area (Å²) in [7, 11) is 0. The van der Waals surface area contributed by atoms with Gasteiger partial charge in [0, 0.05) is 5.56 Å². The fraction of sp³-hybridized carbons (Fsp3) is 0.429. The zero-order valence-corrected chi connectivity index (χ0v) is 40.1. The van der Waals surface area contributed by atoms with Crippen molar-refractivity contribution in [3.63, 3.8) is 0 Å². The van der Waals surface area contributed by atoms with E-state index in [1.54, 1.807) is 6.07 Å². The molecular weight excluding hydrogens is 829 g/mol. The average Bonchev–Trinajstić information content (AvgIpc) is 3.24. The first kappa shape index (κ1) is 60.2. The summed E-state index contributed by atoms with van der Waals surface area (Å²) in [6.45, 7) is 26.8. The molecule has 65 heavy (non-hydrogen) atoms. The number of hydrogen-bond acceptors (Lipinski definition) is 5. The number of aryl methyl sites for hydroxylation is 2. The number of hydrogen-bond donors (Lipinski definition) is 0. The number of ether oxygens (including phenoxy) is 5.